The summed E-state index contributed by atoms with van der Waals surface area (Å²) in [4.78, 5) is 17.3. The lowest BCUT2D eigenvalue weighted by Crippen LogP contribution is -2.08. The number of carbonyl (C=O) groups is 1. The van der Waals surface area contributed by atoms with Crippen LogP contribution in [0.25, 0.3) is 0 Å². The fourth-order valence-electron chi connectivity index (χ4n) is 0.531. The molecule has 1 heterocycles. The van der Waals surface area contributed by atoms with Gasteiger partial charge >= 0.3 is 11.8 Å². The normalized spacial score (nSPS) is 11.2. The predicted molar refractivity (Wildman–Crippen MR) is 37.3 cm³/mol. The van der Waals surface area contributed by atoms with Gasteiger partial charge in [-0.25, -0.2) is 4.79 Å². The first-order valence-corrected chi connectivity index (χ1v) is 2.94. The number of hydrogen-bond donors (Lipinski definition) is 1. The molecule has 0 aliphatic heterocycles. The second kappa shape index (κ2) is 3.37. The second-order valence-corrected chi connectivity index (χ2v) is 1.77. The first kappa shape index (κ1) is 8.05. The maximum Gasteiger partial charge on any atom is 0.375 e. The zero-order valence-corrected chi connectivity index (χ0v) is 5.91. The molecule has 7 heteroatoms. The molecule has 0 saturated heterocycles. The van der Waals surface area contributed by atoms with Crippen LogP contribution in [0.5, 0.6) is 0 Å². The average Bonchev–Trinajstić information content (AvgIpc) is 2.05. The molecule has 0 radical (unpaired) electrons. The van der Waals surface area contributed by atoms with Crippen molar-refractivity contribution in [3.63, 3.8) is 0 Å². The van der Waals surface area contributed by atoms with Gasteiger partial charge in [0.25, 0.3) is 0 Å². The van der Waals surface area contributed by atoms with Crippen LogP contribution < -0.4 is 5.73 Å². The lowest BCUT2D eigenvalue weighted by atomic mass is 10.7. The molecular weight excluding hydrogens is 162 g/mol. The molecule has 0 aliphatic rings. The van der Waals surface area contributed by atoms with Crippen molar-refractivity contribution in [2.24, 2.45) is 10.8 Å². The summed E-state index contributed by atoms with van der Waals surface area (Å²) < 4.78 is 0. The van der Waals surface area contributed by atoms with Gasteiger partial charge in [0.2, 0.25) is 0 Å². The Kier molecular flexibility index (Phi) is 2.26. The number of aromatic nitrogens is 2. The summed E-state index contributed by atoms with van der Waals surface area (Å²) in [6, 6.07) is -1.07. The van der Waals surface area contributed by atoms with Gasteiger partial charge in [0, 0.05) is 0 Å². The van der Waals surface area contributed by atoms with Crippen LogP contribution in [0.4, 0.5) is 10.6 Å². The molecule has 0 spiro atoms. The van der Waals surface area contributed by atoms with Gasteiger partial charge in [0.05, 0.1) is 6.20 Å². The predicted octanol–water partition coefficient (Wildman–Crippen LogP) is 0.149. The highest BCUT2D eigenvalue weighted by molar-refractivity contribution is 5.71. The van der Waals surface area contributed by atoms with Crippen LogP contribution in [-0.4, -0.2) is 20.9 Å². The molecule has 7 nitrogen and oxygen atoms in total. The summed E-state index contributed by atoms with van der Waals surface area (Å²) >= 11 is 0. The minimum absolute atomic E-state index is 0.00926. The van der Waals surface area contributed by atoms with E-state index in [1.54, 1.807) is 0 Å². The Morgan fingerprint density at radius 2 is 2.42 bits per heavy atom. The van der Waals surface area contributed by atoms with E-state index in [4.69, 9.17) is 0 Å². The topological polar surface area (TPSA) is 107 Å². The lowest BCUT2D eigenvalue weighted by molar-refractivity contribution is -0.438. The molecule has 0 bridgehead atoms. The van der Waals surface area contributed by atoms with Crippen LogP contribution in [0.2, 0.25) is 0 Å². The van der Waals surface area contributed by atoms with Crippen molar-refractivity contribution in [3.8, 4) is 0 Å². The van der Waals surface area contributed by atoms with Crippen molar-refractivity contribution in [3.05, 3.63) is 23.8 Å². The highest BCUT2D eigenvalue weighted by Crippen LogP contribution is 2.01. The number of carbonyl (C=O) groups excluding carboxylic acids is 1. The minimum atomic E-state index is -1.07. The zero-order valence-electron chi connectivity index (χ0n) is 5.91. The number of nitrogens with zero attached hydrogens (tertiary/aromatic N) is 4. The molecular formula is C5H5N5O2. The summed E-state index contributed by atoms with van der Waals surface area (Å²) in [5, 5.41) is 13.7. The standard InChI is InChI=1S/C5H5N5O2/c6-5(11)9-10(12)4-3-7-1-2-8-4/h1-3H,(H2,6,11)/b10-9-. The van der Waals surface area contributed by atoms with Gasteiger partial charge in [0.1, 0.15) is 6.20 Å². The van der Waals surface area contributed by atoms with Crippen LogP contribution in [0.1, 0.15) is 0 Å². The molecule has 0 unspecified atom stereocenters. The summed E-state index contributed by atoms with van der Waals surface area (Å²) in [6.07, 6.45) is 3.86. The Balaban J connectivity index is 2.93. The number of nitrogens with two attached hydrogens (primary N) is 1. The van der Waals surface area contributed by atoms with Crippen LogP contribution >= 0.6 is 0 Å². The van der Waals surface area contributed by atoms with E-state index in [1.807, 2.05) is 0 Å². The van der Waals surface area contributed by atoms with Crippen molar-refractivity contribution < 1.29 is 9.66 Å². The van der Waals surface area contributed by atoms with Crippen LogP contribution in [0.3, 0.4) is 0 Å². The molecule has 1 aromatic rings. The van der Waals surface area contributed by atoms with Crippen LogP contribution in [0, 0.1) is 5.21 Å². The zero-order chi connectivity index (χ0) is 8.97. The monoisotopic (exact) mass is 167 g/mol. The van der Waals surface area contributed by atoms with Gasteiger partial charge in [-0.05, 0) is 10.1 Å². The highest BCUT2D eigenvalue weighted by Gasteiger charge is 2.03. The summed E-state index contributed by atoms with van der Waals surface area (Å²) in [5.74, 6) is -0.0868. The van der Waals surface area contributed by atoms with E-state index in [0.29, 0.717) is 0 Å². The summed E-state index contributed by atoms with van der Waals surface area (Å²) in [7, 11) is 0. The molecule has 0 aliphatic carbocycles. The number of primary amides is 1. The third kappa shape index (κ3) is 1.97. The Morgan fingerprint density at radius 1 is 1.67 bits per heavy atom. The van der Waals surface area contributed by atoms with Gasteiger partial charge in [-0.3, -0.25) is 4.98 Å². The number of rotatable bonds is 1. The number of hydrogen-bond acceptors (Lipinski definition) is 4. The van der Waals surface area contributed by atoms with E-state index in [1.165, 1.54) is 18.6 Å². The number of amides is 2. The average molecular weight is 167 g/mol. The van der Waals surface area contributed by atoms with Crippen molar-refractivity contribution in [2.75, 3.05) is 0 Å². The van der Waals surface area contributed by atoms with E-state index in [-0.39, 0.29) is 10.7 Å². The Bertz CT molecular complexity index is 309. The maximum atomic E-state index is 10.8. The molecule has 2 amide bonds. The van der Waals surface area contributed by atoms with E-state index >= 15 is 0 Å². The second-order valence-electron chi connectivity index (χ2n) is 1.77. The smallest absolute Gasteiger partial charge is 0.375 e. The molecule has 62 valence electrons. The van der Waals surface area contributed by atoms with E-state index in [9.17, 15) is 10.0 Å². The summed E-state index contributed by atoms with van der Waals surface area (Å²) in [6.45, 7) is 0. The molecule has 0 aromatic carbocycles. The molecule has 0 fully saturated rings. The van der Waals surface area contributed by atoms with Gasteiger partial charge in [-0.15, -0.1) is 4.86 Å². The van der Waals surface area contributed by atoms with Crippen LogP contribution in [0.15, 0.2) is 23.7 Å². The van der Waals surface area contributed by atoms with Crippen molar-refractivity contribution >= 4 is 11.8 Å². The molecule has 2 N–H and O–H groups in total. The minimum Gasteiger partial charge on any atom is -0.690 e. The van der Waals surface area contributed by atoms with Gasteiger partial charge in [-0.2, -0.15) is 0 Å². The highest BCUT2D eigenvalue weighted by atomic mass is 16.5. The van der Waals surface area contributed by atoms with E-state index < -0.39 is 6.03 Å². The van der Waals surface area contributed by atoms with Crippen molar-refractivity contribution in [1.29, 1.82) is 0 Å². The number of azo groups is 1. The molecule has 12 heavy (non-hydrogen) atoms. The number of urea groups is 1. The quantitative estimate of drug-likeness (QED) is 0.364. The third-order valence-corrected chi connectivity index (χ3v) is 0.935. The fraction of sp³-hybridized carbons (Fsp3) is 0. The fourth-order valence-corrected chi connectivity index (χ4v) is 0.531. The molecule has 0 saturated carbocycles. The first-order chi connectivity index (χ1) is 5.70. The van der Waals surface area contributed by atoms with E-state index in [2.05, 4.69) is 20.8 Å². The first-order valence-electron chi connectivity index (χ1n) is 2.94. The lowest BCUT2D eigenvalue weighted by Gasteiger charge is -1.98. The van der Waals surface area contributed by atoms with Gasteiger partial charge in [0.15, 0.2) is 6.20 Å². The Labute approximate surface area is 67.1 Å². The van der Waals surface area contributed by atoms with Crippen molar-refractivity contribution in [1.82, 2.24) is 9.97 Å². The van der Waals surface area contributed by atoms with E-state index in [0.717, 1.165) is 0 Å². The van der Waals surface area contributed by atoms with Gasteiger partial charge in [-0.1, -0.05) is 0 Å². The largest absolute Gasteiger partial charge is 0.690 e. The molecule has 1 aromatic heterocycles. The van der Waals surface area contributed by atoms with Gasteiger partial charge < -0.3 is 10.9 Å². The SMILES string of the molecule is NC(=O)/N=[N+](\[O-])c1cnccn1. The Morgan fingerprint density at radius 3 is 2.92 bits per heavy atom. The van der Waals surface area contributed by atoms with Crippen LogP contribution in [-0.2, 0) is 0 Å². The van der Waals surface area contributed by atoms with Crippen molar-refractivity contribution in [2.45, 2.75) is 0 Å². The maximum absolute atomic E-state index is 10.8. The summed E-state index contributed by atoms with van der Waals surface area (Å²) in [5.41, 5.74) is 4.64. The third-order valence-electron chi connectivity index (χ3n) is 0.935. The molecule has 0 atom stereocenters. The Hall–Kier alpha value is -2.05. The molecule has 1 rings (SSSR count).